The molecule has 0 aliphatic rings. The second-order valence-electron chi connectivity index (χ2n) is 4.47. The molecule has 0 saturated heterocycles. The van der Waals surface area contributed by atoms with Gasteiger partial charge >= 0.3 is 0 Å². The fourth-order valence-corrected chi connectivity index (χ4v) is 1.81. The molecule has 92 valence electrons. The van der Waals surface area contributed by atoms with Crippen LogP contribution in [0.5, 0.6) is 0 Å². The first kappa shape index (κ1) is 13.9. The van der Waals surface area contributed by atoms with Gasteiger partial charge in [-0.15, -0.1) is 0 Å². The van der Waals surface area contributed by atoms with Gasteiger partial charge in [0.05, 0.1) is 12.0 Å². The highest BCUT2D eigenvalue weighted by Gasteiger charge is 2.11. The van der Waals surface area contributed by atoms with Gasteiger partial charge in [-0.2, -0.15) is 5.26 Å². The molecule has 0 spiro atoms. The third-order valence-electron chi connectivity index (χ3n) is 2.37. The number of hydrogen-bond acceptors (Lipinski definition) is 4. The molecule has 1 aromatic heterocycles. The highest BCUT2D eigenvalue weighted by Crippen LogP contribution is 2.20. The molecule has 0 radical (unpaired) electrons. The first-order chi connectivity index (χ1) is 7.93. The van der Waals surface area contributed by atoms with Crippen LogP contribution in [0.25, 0.3) is 0 Å². The Morgan fingerprint density at radius 1 is 1.41 bits per heavy atom. The molecule has 0 bridgehead atoms. The Kier molecular flexibility index (Phi) is 4.88. The molecule has 17 heavy (non-hydrogen) atoms. The zero-order valence-corrected chi connectivity index (χ0v) is 12.2. The summed E-state index contributed by atoms with van der Waals surface area (Å²) in [5, 5.41) is 8.81. The van der Waals surface area contributed by atoms with Gasteiger partial charge in [0.1, 0.15) is 16.2 Å². The Hall–Kier alpha value is -1.15. The van der Waals surface area contributed by atoms with E-state index in [4.69, 9.17) is 5.26 Å². The summed E-state index contributed by atoms with van der Waals surface area (Å²) in [6.45, 7) is 6.68. The monoisotopic (exact) mass is 296 g/mol. The zero-order valence-electron chi connectivity index (χ0n) is 10.6. The standard InChI is InChI=1S/C12H17BrN4/c1-8(2)12-15-10(13)5-11(16-12)17(4)7-9(3)6-14/h5,8-9H,7H2,1-4H3. The maximum Gasteiger partial charge on any atom is 0.134 e. The molecule has 1 atom stereocenters. The van der Waals surface area contributed by atoms with E-state index < -0.39 is 0 Å². The van der Waals surface area contributed by atoms with Crippen LogP contribution >= 0.6 is 15.9 Å². The quantitative estimate of drug-likeness (QED) is 0.802. The van der Waals surface area contributed by atoms with Gasteiger partial charge in [-0.3, -0.25) is 0 Å². The topological polar surface area (TPSA) is 52.8 Å². The predicted octanol–water partition coefficient (Wildman–Crippen LogP) is 2.96. The van der Waals surface area contributed by atoms with E-state index in [0.29, 0.717) is 6.54 Å². The normalized spacial score (nSPS) is 12.3. The highest BCUT2D eigenvalue weighted by atomic mass is 79.9. The van der Waals surface area contributed by atoms with Gasteiger partial charge in [-0.1, -0.05) is 13.8 Å². The Bertz CT molecular complexity index is 425. The van der Waals surface area contributed by atoms with Gasteiger partial charge in [0.25, 0.3) is 0 Å². The van der Waals surface area contributed by atoms with Crippen LogP contribution < -0.4 is 4.90 Å². The lowest BCUT2D eigenvalue weighted by Gasteiger charge is -2.20. The van der Waals surface area contributed by atoms with E-state index in [0.717, 1.165) is 16.2 Å². The third-order valence-corrected chi connectivity index (χ3v) is 2.78. The molecular formula is C12H17BrN4. The molecule has 0 amide bonds. The summed E-state index contributed by atoms with van der Waals surface area (Å²) < 4.78 is 0.780. The molecule has 0 aromatic carbocycles. The second-order valence-corrected chi connectivity index (χ2v) is 5.28. The average Bonchev–Trinajstić information content (AvgIpc) is 2.27. The largest absolute Gasteiger partial charge is 0.358 e. The summed E-state index contributed by atoms with van der Waals surface area (Å²) >= 11 is 3.39. The van der Waals surface area contributed by atoms with Gasteiger partial charge in [-0.05, 0) is 22.9 Å². The molecule has 0 aliphatic carbocycles. The minimum atomic E-state index is -0.0174. The maximum absolute atomic E-state index is 8.81. The van der Waals surface area contributed by atoms with Crippen molar-refractivity contribution in [1.82, 2.24) is 9.97 Å². The van der Waals surface area contributed by atoms with Crippen molar-refractivity contribution < 1.29 is 0 Å². The lowest BCUT2D eigenvalue weighted by molar-refractivity contribution is 0.698. The van der Waals surface area contributed by atoms with Crippen LogP contribution in [-0.4, -0.2) is 23.6 Å². The van der Waals surface area contributed by atoms with Crippen LogP contribution in [0.2, 0.25) is 0 Å². The van der Waals surface area contributed by atoms with Crippen molar-refractivity contribution in [2.45, 2.75) is 26.7 Å². The molecule has 0 N–H and O–H groups in total. The minimum Gasteiger partial charge on any atom is -0.358 e. The van der Waals surface area contributed by atoms with Gasteiger partial charge in [-0.25, -0.2) is 9.97 Å². The summed E-state index contributed by atoms with van der Waals surface area (Å²) in [6.07, 6.45) is 0. The summed E-state index contributed by atoms with van der Waals surface area (Å²) in [7, 11) is 1.94. The van der Waals surface area contributed by atoms with Crippen LogP contribution in [-0.2, 0) is 0 Å². The number of anilines is 1. The van der Waals surface area contributed by atoms with Gasteiger partial charge in [0.2, 0.25) is 0 Å². The molecule has 0 aliphatic heterocycles. The van der Waals surface area contributed by atoms with Crippen LogP contribution in [0.1, 0.15) is 32.5 Å². The molecular weight excluding hydrogens is 280 g/mol. The summed E-state index contributed by atoms with van der Waals surface area (Å²) in [5.41, 5.74) is 0. The maximum atomic E-state index is 8.81. The van der Waals surface area contributed by atoms with Gasteiger partial charge < -0.3 is 4.90 Å². The van der Waals surface area contributed by atoms with Crippen LogP contribution in [0, 0.1) is 17.2 Å². The van der Waals surface area contributed by atoms with Gasteiger partial charge in [0, 0.05) is 25.6 Å². The van der Waals surface area contributed by atoms with Crippen molar-refractivity contribution in [2.75, 3.05) is 18.5 Å². The predicted molar refractivity (Wildman–Crippen MR) is 71.9 cm³/mol. The highest BCUT2D eigenvalue weighted by molar-refractivity contribution is 9.10. The molecule has 0 saturated carbocycles. The molecule has 1 heterocycles. The van der Waals surface area contributed by atoms with Crippen molar-refractivity contribution in [3.05, 3.63) is 16.5 Å². The number of hydrogen-bond donors (Lipinski definition) is 0. The van der Waals surface area contributed by atoms with Crippen molar-refractivity contribution >= 4 is 21.7 Å². The molecule has 4 nitrogen and oxygen atoms in total. The Balaban J connectivity index is 2.94. The van der Waals surface area contributed by atoms with Crippen molar-refractivity contribution in [3.63, 3.8) is 0 Å². The van der Waals surface area contributed by atoms with Crippen LogP contribution in [0.3, 0.4) is 0 Å². The number of nitrogens with zero attached hydrogens (tertiary/aromatic N) is 4. The van der Waals surface area contributed by atoms with Gasteiger partial charge in [0.15, 0.2) is 0 Å². The van der Waals surface area contributed by atoms with Crippen LogP contribution in [0.15, 0.2) is 10.7 Å². The molecule has 1 aromatic rings. The van der Waals surface area contributed by atoms with Crippen molar-refractivity contribution in [2.24, 2.45) is 5.92 Å². The molecule has 5 heteroatoms. The zero-order chi connectivity index (χ0) is 13.0. The Labute approximate surface area is 111 Å². The van der Waals surface area contributed by atoms with E-state index in [-0.39, 0.29) is 11.8 Å². The third kappa shape index (κ3) is 3.97. The molecule has 1 rings (SSSR count). The number of nitriles is 1. The van der Waals surface area contributed by atoms with E-state index in [1.807, 2.05) is 24.9 Å². The van der Waals surface area contributed by atoms with E-state index in [1.165, 1.54) is 0 Å². The van der Waals surface area contributed by atoms with Crippen molar-refractivity contribution in [1.29, 1.82) is 5.26 Å². The molecule has 1 unspecified atom stereocenters. The van der Waals surface area contributed by atoms with E-state index >= 15 is 0 Å². The first-order valence-electron chi connectivity index (χ1n) is 5.59. The smallest absolute Gasteiger partial charge is 0.134 e. The number of rotatable bonds is 4. The Morgan fingerprint density at radius 3 is 2.59 bits per heavy atom. The number of aromatic nitrogens is 2. The van der Waals surface area contributed by atoms with Crippen molar-refractivity contribution in [3.8, 4) is 6.07 Å². The summed E-state index contributed by atoms with van der Waals surface area (Å²) in [6, 6.07) is 4.09. The fourth-order valence-electron chi connectivity index (χ4n) is 1.42. The SMILES string of the molecule is CC(C#N)CN(C)c1cc(Br)nc(C(C)C)n1. The summed E-state index contributed by atoms with van der Waals surface area (Å²) in [4.78, 5) is 10.8. The number of halogens is 1. The van der Waals surface area contributed by atoms with E-state index in [9.17, 15) is 0 Å². The average molecular weight is 297 g/mol. The summed E-state index contributed by atoms with van der Waals surface area (Å²) in [5.74, 6) is 1.92. The first-order valence-corrected chi connectivity index (χ1v) is 6.38. The second kappa shape index (κ2) is 5.97. The fraction of sp³-hybridized carbons (Fsp3) is 0.583. The lowest BCUT2D eigenvalue weighted by atomic mass is 10.2. The Morgan fingerprint density at radius 2 is 2.06 bits per heavy atom. The van der Waals surface area contributed by atoms with E-state index in [1.54, 1.807) is 0 Å². The lowest BCUT2D eigenvalue weighted by Crippen LogP contribution is -2.24. The molecule has 0 fully saturated rings. The van der Waals surface area contributed by atoms with Crippen LogP contribution in [0.4, 0.5) is 5.82 Å². The van der Waals surface area contributed by atoms with E-state index in [2.05, 4.69) is 45.8 Å². The minimum absolute atomic E-state index is 0.0174.